The largest absolute Gasteiger partial charge is 0.385 e. The molecular weight excluding hydrogens is 236 g/mol. The summed E-state index contributed by atoms with van der Waals surface area (Å²) in [5.74, 6) is 0.0815. The lowest BCUT2D eigenvalue weighted by molar-refractivity contribution is 0.0620. The smallest absolute Gasteiger partial charge is 0.254 e. The number of benzene rings is 1. The fourth-order valence-electron chi connectivity index (χ4n) is 1.89. The summed E-state index contributed by atoms with van der Waals surface area (Å²) in [5.41, 5.74) is 2.83. The summed E-state index contributed by atoms with van der Waals surface area (Å²) < 4.78 is 0. The van der Waals surface area contributed by atoms with E-state index in [2.05, 4.69) is 33.0 Å². The van der Waals surface area contributed by atoms with Crippen molar-refractivity contribution in [1.29, 1.82) is 0 Å². The highest BCUT2D eigenvalue weighted by molar-refractivity contribution is 5.95. The monoisotopic (exact) mass is 262 g/mol. The minimum atomic E-state index is -0.120. The number of nitrogens with zero attached hydrogens (tertiary/aromatic N) is 1. The maximum atomic E-state index is 12.5. The number of anilines is 1. The predicted octanol–water partition coefficient (Wildman–Crippen LogP) is 3.69. The second-order valence-electron chi connectivity index (χ2n) is 5.59. The Morgan fingerprint density at radius 2 is 1.95 bits per heavy atom. The van der Waals surface area contributed by atoms with Crippen LogP contribution in [0.1, 0.15) is 50.0 Å². The molecule has 0 aliphatic carbocycles. The third kappa shape index (κ3) is 3.49. The van der Waals surface area contributed by atoms with Crippen molar-refractivity contribution >= 4 is 11.6 Å². The van der Waals surface area contributed by atoms with E-state index in [0.717, 1.165) is 29.8 Å². The van der Waals surface area contributed by atoms with Gasteiger partial charge in [-0.1, -0.05) is 6.92 Å². The minimum Gasteiger partial charge on any atom is -0.385 e. The molecule has 0 atom stereocenters. The van der Waals surface area contributed by atoms with Crippen LogP contribution in [-0.4, -0.2) is 29.9 Å². The van der Waals surface area contributed by atoms with Crippen molar-refractivity contribution in [2.75, 3.05) is 18.9 Å². The topological polar surface area (TPSA) is 32.3 Å². The average molecular weight is 262 g/mol. The van der Waals surface area contributed by atoms with Gasteiger partial charge in [0.25, 0.3) is 5.91 Å². The first-order valence-electron chi connectivity index (χ1n) is 6.96. The van der Waals surface area contributed by atoms with E-state index in [1.54, 1.807) is 0 Å². The minimum absolute atomic E-state index is 0.0815. The summed E-state index contributed by atoms with van der Waals surface area (Å²) in [6, 6.07) is 5.84. The maximum Gasteiger partial charge on any atom is 0.254 e. The van der Waals surface area contributed by atoms with E-state index in [0.29, 0.717) is 0 Å². The number of carbonyl (C=O) groups excluding carboxylic acids is 1. The predicted molar refractivity (Wildman–Crippen MR) is 81.8 cm³/mol. The Kier molecular flexibility index (Phi) is 4.98. The number of aryl methyl sites for hydroxylation is 1. The first-order chi connectivity index (χ1) is 8.83. The van der Waals surface area contributed by atoms with Gasteiger partial charge in [-0.3, -0.25) is 4.79 Å². The molecule has 0 radical (unpaired) electrons. The quantitative estimate of drug-likeness (QED) is 0.877. The number of hydrogen-bond donors (Lipinski definition) is 1. The molecule has 0 aliphatic rings. The molecule has 1 aromatic rings. The molecule has 1 amide bonds. The van der Waals surface area contributed by atoms with Crippen LogP contribution in [0.4, 0.5) is 5.69 Å². The molecule has 0 fully saturated rings. The van der Waals surface area contributed by atoms with E-state index in [9.17, 15) is 4.79 Å². The molecule has 0 saturated carbocycles. The van der Waals surface area contributed by atoms with Gasteiger partial charge >= 0.3 is 0 Å². The van der Waals surface area contributed by atoms with Gasteiger partial charge in [-0.2, -0.15) is 0 Å². The maximum absolute atomic E-state index is 12.5. The third-order valence-corrected chi connectivity index (χ3v) is 3.92. The first kappa shape index (κ1) is 15.5. The van der Waals surface area contributed by atoms with Crippen molar-refractivity contribution in [2.45, 2.75) is 46.6 Å². The summed E-state index contributed by atoms with van der Waals surface area (Å²) in [4.78, 5) is 14.3. The summed E-state index contributed by atoms with van der Waals surface area (Å²) in [7, 11) is 1.87. The molecule has 1 aromatic carbocycles. The molecule has 106 valence electrons. The number of hydrogen-bond acceptors (Lipinski definition) is 2. The molecule has 0 aromatic heterocycles. The van der Waals surface area contributed by atoms with Crippen molar-refractivity contribution in [3.05, 3.63) is 29.3 Å². The van der Waals surface area contributed by atoms with Crippen LogP contribution in [0.25, 0.3) is 0 Å². The van der Waals surface area contributed by atoms with Gasteiger partial charge in [0.15, 0.2) is 0 Å². The van der Waals surface area contributed by atoms with Crippen LogP contribution < -0.4 is 5.32 Å². The van der Waals surface area contributed by atoms with Gasteiger partial charge in [0.2, 0.25) is 0 Å². The molecule has 0 bridgehead atoms. The van der Waals surface area contributed by atoms with Crippen LogP contribution in [-0.2, 0) is 0 Å². The van der Waals surface area contributed by atoms with Crippen LogP contribution in [0.5, 0.6) is 0 Å². The highest BCUT2D eigenvalue weighted by atomic mass is 16.2. The summed E-state index contributed by atoms with van der Waals surface area (Å²) in [5, 5.41) is 3.29. The second kappa shape index (κ2) is 6.09. The van der Waals surface area contributed by atoms with Crippen LogP contribution >= 0.6 is 0 Å². The normalized spacial score (nSPS) is 11.3. The highest BCUT2D eigenvalue weighted by Gasteiger charge is 2.26. The van der Waals surface area contributed by atoms with Gasteiger partial charge < -0.3 is 10.2 Å². The summed E-state index contributed by atoms with van der Waals surface area (Å²) in [6.45, 7) is 11.3. The highest BCUT2D eigenvalue weighted by Crippen LogP contribution is 2.22. The van der Waals surface area contributed by atoms with Gasteiger partial charge in [0, 0.05) is 30.4 Å². The summed E-state index contributed by atoms with van der Waals surface area (Å²) in [6.07, 6.45) is 0.934. The van der Waals surface area contributed by atoms with E-state index in [-0.39, 0.29) is 11.4 Å². The van der Waals surface area contributed by atoms with Crippen molar-refractivity contribution < 1.29 is 4.79 Å². The Morgan fingerprint density at radius 1 is 1.32 bits per heavy atom. The first-order valence-corrected chi connectivity index (χ1v) is 6.96. The Morgan fingerprint density at radius 3 is 2.42 bits per heavy atom. The molecule has 0 spiro atoms. The molecule has 1 rings (SSSR count). The average Bonchev–Trinajstić information content (AvgIpc) is 2.39. The van der Waals surface area contributed by atoms with Crippen molar-refractivity contribution in [2.24, 2.45) is 0 Å². The van der Waals surface area contributed by atoms with E-state index >= 15 is 0 Å². The number of carbonyl (C=O) groups is 1. The van der Waals surface area contributed by atoms with Gasteiger partial charge in [-0.05, 0) is 57.9 Å². The molecule has 0 heterocycles. The Balaban J connectivity index is 2.98. The zero-order valence-corrected chi connectivity index (χ0v) is 13.0. The second-order valence-corrected chi connectivity index (χ2v) is 5.59. The van der Waals surface area contributed by atoms with E-state index in [4.69, 9.17) is 0 Å². The van der Waals surface area contributed by atoms with Gasteiger partial charge in [0.05, 0.1) is 0 Å². The third-order valence-electron chi connectivity index (χ3n) is 3.92. The van der Waals surface area contributed by atoms with Crippen LogP contribution in [0, 0.1) is 6.92 Å². The van der Waals surface area contributed by atoms with E-state index < -0.39 is 0 Å². The van der Waals surface area contributed by atoms with Crippen molar-refractivity contribution in [3.8, 4) is 0 Å². The summed E-state index contributed by atoms with van der Waals surface area (Å²) >= 11 is 0. The molecule has 0 unspecified atom stereocenters. The standard InChI is InChI=1S/C16H26N2O/c1-7-16(4,5)18(6)15(19)13-9-10-14(17-8-2)12(3)11-13/h9-11,17H,7-8H2,1-6H3. The molecule has 3 heteroatoms. The SMILES string of the molecule is CCNc1ccc(C(=O)N(C)C(C)(C)CC)cc1C. The van der Waals surface area contributed by atoms with Crippen LogP contribution in [0.2, 0.25) is 0 Å². The van der Waals surface area contributed by atoms with E-state index in [1.807, 2.05) is 37.1 Å². The fourth-order valence-corrected chi connectivity index (χ4v) is 1.89. The van der Waals surface area contributed by atoms with Crippen molar-refractivity contribution in [1.82, 2.24) is 4.90 Å². The lowest BCUT2D eigenvalue weighted by Crippen LogP contribution is -2.44. The Labute approximate surface area is 117 Å². The van der Waals surface area contributed by atoms with Gasteiger partial charge in [-0.25, -0.2) is 0 Å². The van der Waals surface area contributed by atoms with Gasteiger partial charge in [0.1, 0.15) is 0 Å². The zero-order valence-electron chi connectivity index (χ0n) is 13.0. The van der Waals surface area contributed by atoms with Gasteiger partial charge in [-0.15, -0.1) is 0 Å². The molecule has 19 heavy (non-hydrogen) atoms. The molecule has 0 aliphatic heterocycles. The Bertz CT molecular complexity index is 452. The van der Waals surface area contributed by atoms with Crippen LogP contribution in [0.15, 0.2) is 18.2 Å². The zero-order chi connectivity index (χ0) is 14.6. The molecule has 1 N–H and O–H groups in total. The Hall–Kier alpha value is -1.51. The molecule has 0 saturated heterocycles. The fraction of sp³-hybridized carbons (Fsp3) is 0.562. The number of rotatable bonds is 5. The number of amides is 1. The molecule has 3 nitrogen and oxygen atoms in total. The lowest BCUT2D eigenvalue weighted by atomic mass is 9.98. The molecular formula is C16H26N2O. The van der Waals surface area contributed by atoms with Crippen molar-refractivity contribution in [3.63, 3.8) is 0 Å². The van der Waals surface area contributed by atoms with Crippen LogP contribution in [0.3, 0.4) is 0 Å². The number of nitrogens with one attached hydrogen (secondary N) is 1. The lowest BCUT2D eigenvalue weighted by Gasteiger charge is -2.35. The van der Waals surface area contributed by atoms with E-state index in [1.165, 1.54) is 0 Å².